The predicted molar refractivity (Wildman–Crippen MR) is 97.1 cm³/mol. The standard InChI is InChI=1S/C20H21N3O2/c1-15-8-9-17(12-16(15)2)22-20(24)23(14-19-7-5-11-25-19)13-18-6-3-4-10-21-18/h3-12H,13-14H2,1-2H3,(H,22,24). The van der Waals surface area contributed by atoms with Crippen LogP contribution in [0.25, 0.3) is 0 Å². The zero-order valence-electron chi connectivity index (χ0n) is 14.4. The van der Waals surface area contributed by atoms with Crippen LogP contribution in [0.4, 0.5) is 10.5 Å². The van der Waals surface area contributed by atoms with E-state index in [1.54, 1.807) is 17.4 Å². The van der Waals surface area contributed by atoms with Crippen LogP contribution in [0.15, 0.2) is 65.4 Å². The van der Waals surface area contributed by atoms with Crippen molar-refractivity contribution in [2.24, 2.45) is 0 Å². The number of carbonyl (C=O) groups is 1. The molecule has 0 saturated heterocycles. The van der Waals surface area contributed by atoms with Gasteiger partial charge < -0.3 is 14.6 Å². The molecule has 1 N–H and O–H groups in total. The molecule has 0 spiro atoms. The van der Waals surface area contributed by atoms with E-state index in [4.69, 9.17) is 4.42 Å². The number of furan rings is 1. The maximum Gasteiger partial charge on any atom is 0.322 e. The van der Waals surface area contributed by atoms with Crippen molar-refractivity contribution >= 4 is 11.7 Å². The average molecular weight is 335 g/mol. The maximum absolute atomic E-state index is 12.8. The molecule has 0 saturated carbocycles. The molecule has 2 aromatic heterocycles. The highest BCUT2D eigenvalue weighted by Gasteiger charge is 2.17. The number of anilines is 1. The molecule has 5 nitrogen and oxygen atoms in total. The van der Waals surface area contributed by atoms with Crippen molar-refractivity contribution in [3.63, 3.8) is 0 Å². The zero-order chi connectivity index (χ0) is 17.6. The van der Waals surface area contributed by atoms with Crippen LogP contribution in [-0.4, -0.2) is 15.9 Å². The molecule has 128 valence electrons. The zero-order valence-corrected chi connectivity index (χ0v) is 14.4. The van der Waals surface area contributed by atoms with Crippen LogP contribution >= 0.6 is 0 Å². The van der Waals surface area contributed by atoms with Gasteiger partial charge in [0.2, 0.25) is 0 Å². The summed E-state index contributed by atoms with van der Waals surface area (Å²) in [6, 6.07) is 15.0. The second-order valence-corrected chi connectivity index (χ2v) is 5.99. The number of amides is 2. The fourth-order valence-electron chi connectivity index (χ4n) is 2.50. The molecule has 0 unspecified atom stereocenters. The van der Waals surface area contributed by atoms with Crippen LogP contribution in [0.2, 0.25) is 0 Å². The highest BCUT2D eigenvalue weighted by molar-refractivity contribution is 5.89. The lowest BCUT2D eigenvalue weighted by Crippen LogP contribution is -2.34. The molecule has 0 radical (unpaired) electrons. The number of nitrogens with zero attached hydrogens (tertiary/aromatic N) is 2. The minimum atomic E-state index is -0.190. The first kappa shape index (κ1) is 16.8. The molecule has 0 bridgehead atoms. The second kappa shape index (κ2) is 7.66. The number of aryl methyl sites for hydroxylation is 2. The van der Waals surface area contributed by atoms with Crippen molar-refractivity contribution in [3.8, 4) is 0 Å². The summed E-state index contributed by atoms with van der Waals surface area (Å²) in [4.78, 5) is 18.8. The van der Waals surface area contributed by atoms with Gasteiger partial charge in [-0.1, -0.05) is 12.1 Å². The van der Waals surface area contributed by atoms with E-state index < -0.39 is 0 Å². The lowest BCUT2D eigenvalue weighted by atomic mass is 10.1. The molecule has 25 heavy (non-hydrogen) atoms. The lowest BCUT2D eigenvalue weighted by Gasteiger charge is -2.22. The molecule has 0 aliphatic rings. The third kappa shape index (κ3) is 4.47. The molecular formula is C20H21N3O2. The number of urea groups is 1. The van der Waals surface area contributed by atoms with E-state index in [0.29, 0.717) is 13.1 Å². The number of hydrogen-bond acceptors (Lipinski definition) is 3. The van der Waals surface area contributed by atoms with Gasteiger partial charge in [0.25, 0.3) is 0 Å². The number of aromatic nitrogens is 1. The Labute approximate surface area is 147 Å². The van der Waals surface area contributed by atoms with Gasteiger partial charge in [0.1, 0.15) is 5.76 Å². The van der Waals surface area contributed by atoms with Gasteiger partial charge in [-0.15, -0.1) is 0 Å². The molecule has 0 fully saturated rings. The molecule has 1 aromatic carbocycles. The van der Waals surface area contributed by atoms with Crippen molar-refractivity contribution in [2.45, 2.75) is 26.9 Å². The average Bonchev–Trinajstić information content (AvgIpc) is 3.12. The van der Waals surface area contributed by atoms with Gasteiger partial charge in [-0.2, -0.15) is 0 Å². The first-order chi connectivity index (χ1) is 12.1. The molecular weight excluding hydrogens is 314 g/mol. The summed E-state index contributed by atoms with van der Waals surface area (Å²) >= 11 is 0. The fourth-order valence-corrected chi connectivity index (χ4v) is 2.50. The number of nitrogens with one attached hydrogen (secondary N) is 1. The Bertz CT molecular complexity index is 829. The van der Waals surface area contributed by atoms with E-state index in [9.17, 15) is 4.79 Å². The Balaban J connectivity index is 1.77. The SMILES string of the molecule is Cc1ccc(NC(=O)N(Cc2ccccn2)Cc2ccco2)cc1C. The largest absolute Gasteiger partial charge is 0.467 e. The molecule has 0 aliphatic carbocycles. The van der Waals surface area contributed by atoms with Crippen LogP contribution in [0, 0.1) is 13.8 Å². The number of hydrogen-bond donors (Lipinski definition) is 1. The number of pyridine rings is 1. The Morgan fingerprint density at radius 1 is 1.08 bits per heavy atom. The van der Waals surface area contributed by atoms with Crippen molar-refractivity contribution in [1.29, 1.82) is 0 Å². The Morgan fingerprint density at radius 3 is 2.64 bits per heavy atom. The molecule has 3 rings (SSSR count). The van der Waals surface area contributed by atoms with E-state index in [-0.39, 0.29) is 6.03 Å². The summed E-state index contributed by atoms with van der Waals surface area (Å²) in [6.45, 7) is 4.85. The van der Waals surface area contributed by atoms with E-state index in [2.05, 4.69) is 10.3 Å². The van der Waals surface area contributed by atoms with Crippen molar-refractivity contribution in [3.05, 3.63) is 83.6 Å². The van der Waals surface area contributed by atoms with E-state index >= 15 is 0 Å². The van der Waals surface area contributed by atoms with Gasteiger partial charge >= 0.3 is 6.03 Å². The number of rotatable bonds is 5. The van der Waals surface area contributed by atoms with Crippen molar-refractivity contribution in [1.82, 2.24) is 9.88 Å². The van der Waals surface area contributed by atoms with Gasteiger partial charge in [-0.3, -0.25) is 4.98 Å². The molecule has 3 aromatic rings. The Kier molecular flexibility index (Phi) is 5.14. The summed E-state index contributed by atoms with van der Waals surface area (Å²) in [5.41, 5.74) is 3.93. The van der Waals surface area contributed by atoms with Crippen LogP contribution in [-0.2, 0) is 13.1 Å². The first-order valence-corrected chi connectivity index (χ1v) is 8.17. The Hall–Kier alpha value is -3.08. The summed E-state index contributed by atoms with van der Waals surface area (Å²) in [5.74, 6) is 0.728. The molecule has 0 aliphatic heterocycles. The maximum atomic E-state index is 12.8. The third-order valence-corrected chi connectivity index (χ3v) is 4.05. The smallest absolute Gasteiger partial charge is 0.322 e. The minimum absolute atomic E-state index is 0.190. The van der Waals surface area contributed by atoms with Gasteiger partial charge in [0.15, 0.2) is 0 Å². The van der Waals surface area contributed by atoms with Gasteiger partial charge in [-0.25, -0.2) is 4.79 Å². The second-order valence-electron chi connectivity index (χ2n) is 5.99. The highest BCUT2D eigenvalue weighted by atomic mass is 16.3. The van der Waals surface area contributed by atoms with E-state index in [1.807, 2.05) is 62.4 Å². The molecule has 2 heterocycles. The number of carbonyl (C=O) groups excluding carboxylic acids is 1. The van der Waals surface area contributed by atoms with Gasteiger partial charge in [0.05, 0.1) is 25.0 Å². The molecule has 5 heteroatoms. The van der Waals surface area contributed by atoms with Crippen LogP contribution < -0.4 is 5.32 Å². The quantitative estimate of drug-likeness (QED) is 0.745. The lowest BCUT2D eigenvalue weighted by molar-refractivity contribution is 0.200. The van der Waals surface area contributed by atoms with Gasteiger partial charge in [0, 0.05) is 11.9 Å². The van der Waals surface area contributed by atoms with Crippen molar-refractivity contribution in [2.75, 3.05) is 5.32 Å². The minimum Gasteiger partial charge on any atom is -0.467 e. The van der Waals surface area contributed by atoms with Crippen molar-refractivity contribution < 1.29 is 9.21 Å². The van der Waals surface area contributed by atoms with E-state index in [0.717, 1.165) is 22.7 Å². The van der Waals surface area contributed by atoms with Crippen LogP contribution in [0.1, 0.15) is 22.6 Å². The van der Waals surface area contributed by atoms with Gasteiger partial charge in [-0.05, 0) is 61.4 Å². The summed E-state index contributed by atoms with van der Waals surface area (Å²) in [7, 11) is 0. The highest BCUT2D eigenvalue weighted by Crippen LogP contribution is 2.16. The number of benzene rings is 1. The summed E-state index contributed by atoms with van der Waals surface area (Å²) < 4.78 is 5.39. The monoisotopic (exact) mass is 335 g/mol. The van der Waals surface area contributed by atoms with E-state index in [1.165, 1.54) is 5.56 Å². The fraction of sp³-hybridized carbons (Fsp3) is 0.200. The topological polar surface area (TPSA) is 58.4 Å². The normalized spacial score (nSPS) is 10.5. The molecule has 2 amide bonds. The Morgan fingerprint density at radius 2 is 1.96 bits per heavy atom. The van der Waals surface area contributed by atoms with Crippen LogP contribution in [0.3, 0.4) is 0 Å². The summed E-state index contributed by atoms with van der Waals surface area (Å²) in [6.07, 6.45) is 3.33. The summed E-state index contributed by atoms with van der Waals surface area (Å²) in [5, 5.41) is 2.96. The van der Waals surface area contributed by atoms with Crippen LogP contribution in [0.5, 0.6) is 0 Å². The third-order valence-electron chi connectivity index (χ3n) is 4.05. The molecule has 0 atom stereocenters. The first-order valence-electron chi connectivity index (χ1n) is 8.17. The predicted octanol–water partition coefficient (Wildman–Crippen LogP) is 4.53.